The molecule has 1 aromatic rings. The number of terminal acetylenes is 1. The zero-order valence-electron chi connectivity index (χ0n) is 6.00. The smallest absolute Gasteiger partial charge is 0.268 e. The molecule has 4 nitrogen and oxygen atoms in total. The van der Waals surface area contributed by atoms with E-state index in [4.69, 9.17) is 11.2 Å². The summed E-state index contributed by atoms with van der Waals surface area (Å²) in [6, 6.07) is 0. The van der Waals surface area contributed by atoms with Crippen LogP contribution in [0.2, 0.25) is 0 Å². The summed E-state index contributed by atoms with van der Waals surface area (Å²) in [6.07, 6.45) is 6.25. The first kappa shape index (κ1) is 9.06. The van der Waals surface area contributed by atoms with Crippen LogP contribution in [0.25, 0.3) is 0 Å². The minimum Gasteiger partial charge on any atom is -0.464 e. The van der Waals surface area contributed by atoms with Crippen molar-refractivity contribution in [1.29, 1.82) is 0 Å². The lowest BCUT2D eigenvalue weighted by molar-refractivity contribution is 0.351. The maximum absolute atomic E-state index is 11.0. The lowest BCUT2D eigenvalue weighted by atomic mass is 10.6. The molecule has 5 heteroatoms. The Kier molecular flexibility index (Phi) is 3.10. The number of rotatable bonds is 2. The van der Waals surface area contributed by atoms with Crippen LogP contribution >= 0.6 is 22.6 Å². The fraction of sp³-hybridized carbons (Fsp3) is 0.143. The summed E-state index contributed by atoms with van der Waals surface area (Å²) in [5.41, 5.74) is -0.224. The van der Waals surface area contributed by atoms with Crippen molar-refractivity contribution >= 4 is 22.6 Å². The molecule has 0 spiro atoms. The third-order valence-corrected chi connectivity index (χ3v) is 2.01. The van der Waals surface area contributed by atoms with E-state index in [2.05, 4.69) is 15.9 Å². The highest BCUT2D eigenvalue weighted by molar-refractivity contribution is 14.1. The number of hydrogen-bond acceptors (Lipinski definition) is 3. The highest BCUT2D eigenvalue weighted by Gasteiger charge is 2.04. The first-order valence-electron chi connectivity index (χ1n) is 3.05. The van der Waals surface area contributed by atoms with E-state index in [1.165, 1.54) is 6.33 Å². The van der Waals surface area contributed by atoms with Gasteiger partial charge in [0, 0.05) is 0 Å². The zero-order valence-corrected chi connectivity index (χ0v) is 8.16. The number of aromatic nitrogens is 2. The lowest BCUT2D eigenvalue weighted by Gasteiger charge is -2.00. The average Bonchev–Trinajstić information content (AvgIpc) is 2.08. The fourth-order valence-corrected chi connectivity index (χ4v) is 1.03. The molecule has 0 saturated carbocycles. The third kappa shape index (κ3) is 1.98. The van der Waals surface area contributed by atoms with Gasteiger partial charge in [0.1, 0.15) is 3.57 Å². The molecule has 1 aromatic heterocycles. The molecule has 0 aliphatic heterocycles. The minimum absolute atomic E-state index is 0.118. The van der Waals surface area contributed by atoms with Gasteiger partial charge < -0.3 is 9.72 Å². The van der Waals surface area contributed by atoms with Gasteiger partial charge in [-0.3, -0.25) is 4.79 Å². The Bertz CT molecular complexity index is 366. The van der Waals surface area contributed by atoms with E-state index in [0.717, 1.165) is 0 Å². The standard InChI is InChI=1S/C7H5IN2O2/c1-2-3-12-7-5(8)6(11)9-4-10-7/h1,4H,3H2,(H,9,10,11). The van der Waals surface area contributed by atoms with Crippen molar-refractivity contribution in [1.82, 2.24) is 9.97 Å². The second kappa shape index (κ2) is 4.11. The quantitative estimate of drug-likeness (QED) is 0.628. The summed E-state index contributed by atoms with van der Waals surface area (Å²) in [5.74, 6) is 2.56. The van der Waals surface area contributed by atoms with Crippen LogP contribution in [0.5, 0.6) is 5.88 Å². The molecule has 0 atom stereocenters. The van der Waals surface area contributed by atoms with Crippen LogP contribution in [-0.2, 0) is 0 Å². The van der Waals surface area contributed by atoms with E-state index in [0.29, 0.717) is 3.57 Å². The molecule has 0 bridgehead atoms. The topological polar surface area (TPSA) is 55.0 Å². The fourth-order valence-electron chi connectivity index (χ4n) is 0.577. The van der Waals surface area contributed by atoms with E-state index in [1.54, 1.807) is 0 Å². The Hall–Kier alpha value is -1.03. The Morgan fingerprint density at radius 2 is 2.58 bits per heavy atom. The highest BCUT2D eigenvalue weighted by Crippen LogP contribution is 2.10. The Morgan fingerprint density at radius 3 is 3.25 bits per heavy atom. The van der Waals surface area contributed by atoms with Gasteiger partial charge in [-0.1, -0.05) is 5.92 Å². The predicted molar refractivity (Wildman–Crippen MR) is 51.9 cm³/mol. The van der Waals surface area contributed by atoms with Gasteiger partial charge in [0.05, 0.1) is 6.33 Å². The molecule has 62 valence electrons. The summed E-state index contributed by atoms with van der Waals surface area (Å²) in [6.45, 7) is 0.118. The number of nitrogens with zero attached hydrogens (tertiary/aromatic N) is 1. The van der Waals surface area contributed by atoms with Crippen LogP contribution in [0.1, 0.15) is 0 Å². The number of halogens is 1. The van der Waals surface area contributed by atoms with Crippen molar-refractivity contribution < 1.29 is 4.74 Å². The summed E-state index contributed by atoms with van der Waals surface area (Å²) >= 11 is 1.84. The van der Waals surface area contributed by atoms with E-state index >= 15 is 0 Å². The number of aromatic amines is 1. The molecule has 1 rings (SSSR count). The van der Waals surface area contributed by atoms with Gasteiger partial charge in [0.2, 0.25) is 5.88 Å². The summed E-state index contributed by atoms with van der Waals surface area (Å²) in [4.78, 5) is 17.2. The summed E-state index contributed by atoms with van der Waals surface area (Å²) in [5, 5.41) is 0. The van der Waals surface area contributed by atoms with Crippen molar-refractivity contribution in [3.8, 4) is 18.2 Å². The number of hydrogen-bond donors (Lipinski definition) is 1. The van der Waals surface area contributed by atoms with Crippen molar-refractivity contribution in [3.63, 3.8) is 0 Å². The third-order valence-electron chi connectivity index (χ3n) is 1.06. The molecular weight excluding hydrogens is 271 g/mol. The molecule has 0 aliphatic rings. The van der Waals surface area contributed by atoms with Crippen LogP contribution in [0.3, 0.4) is 0 Å². The SMILES string of the molecule is C#CCOc1nc[nH]c(=O)c1I. The molecule has 0 aliphatic carbocycles. The monoisotopic (exact) mass is 276 g/mol. The molecule has 0 radical (unpaired) electrons. The van der Waals surface area contributed by atoms with Crippen molar-refractivity contribution in [2.75, 3.05) is 6.61 Å². The van der Waals surface area contributed by atoms with Crippen molar-refractivity contribution in [2.24, 2.45) is 0 Å². The molecule has 1 heterocycles. The molecule has 0 amide bonds. The largest absolute Gasteiger partial charge is 0.464 e. The lowest BCUT2D eigenvalue weighted by Crippen LogP contribution is -2.12. The second-order valence-corrected chi connectivity index (χ2v) is 2.92. The van der Waals surface area contributed by atoms with Crippen molar-refractivity contribution in [2.45, 2.75) is 0 Å². The van der Waals surface area contributed by atoms with E-state index in [1.807, 2.05) is 22.6 Å². The predicted octanol–water partition coefficient (Wildman–Crippen LogP) is 0.387. The summed E-state index contributed by atoms with van der Waals surface area (Å²) < 4.78 is 5.40. The number of nitrogens with one attached hydrogen (secondary N) is 1. The van der Waals surface area contributed by atoms with Crippen LogP contribution in [0.15, 0.2) is 11.1 Å². The van der Waals surface area contributed by atoms with Gasteiger partial charge in [-0.2, -0.15) is 0 Å². The summed E-state index contributed by atoms with van der Waals surface area (Å²) in [7, 11) is 0. The molecule has 12 heavy (non-hydrogen) atoms. The molecule has 0 saturated heterocycles. The van der Waals surface area contributed by atoms with Gasteiger partial charge in [-0.15, -0.1) is 6.42 Å². The Morgan fingerprint density at radius 1 is 1.83 bits per heavy atom. The number of ether oxygens (including phenoxy) is 1. The minimum atomic E-state index is -0.224. The molecule has 0 unspecified atom stereocenters. The zero-order chi connectivity index (χ0) is 8.97. The molecule has 0 aromatic carbocycles. The van der Waals surface area contributed by atoms with Crippen LogP contribution < -0.4 is 10.3 Å². The highest BCUT2D eigenvalue weighted by atomic mass is 127. The van der Waals surface area contributed by atoms with Gasteiger partial charge in [0.25, 0.3) is 5.56 Å². The van der Waals surface area contributed by atoms with E-state index in [-0.39, 0.29) is 18.0 Å². The first-order valence-corrected chi connectivity index (χ1v) is 4.13. The van der Waals surface area contributed by atoms with Crippen molar-refractivity contribution in [3.05, 3.63) is 20.3 Å². The van der Waals surface area contributed by atoms with E-state index in [9.17, 15) is 4.79 Å². The Balaban J connectivity index is 2.94. The van der Waals surface area contributed by atoms with Gasteiger partial charge in [-0.25, -0.2) is 4.98 Å². The van der Waals surface area contributed by atoms with Crippen LogP contribution in [0.4, 0.5) is 0 Å². The van der Waals surface area contributed by atoms with Gasteiger partial charge >= 0.3 is 0 Å². The molecular formula is C7H5IN2O2. The maximum atomic E-state index is 11.0. The average molecular weight is 276 g/mol. The first-order chi connectivity index (χ1) is 5.75. The Labute approximate surface area is 82.5 Å². The van der Waals surface area contributed by atoms with E-state index < -0.39 is 0 Å². The second-order valence-electron chi connectivity index (χ2n) is 1.84. The van der Waals surface area contributed by atoms with Gasteiger partial charge in [-0.05, 0) is 22.6 Å². The molecule has 1 N–H and O–H groups in total. The molecule has 0 fully saturated rings. The number of H-pyrrole nitrogens is 1. The van der Waals surface area contributed by atoms with Gasteiger partial charge in [0.15, 0.2) is 6.61 Å². The van der Waals surface area contributed by atoms with Crippen LogP contribution in [-0.4, -0.2) is 16.6 Å². The van der Waals surface area contributed by atoms with Crippen LogP contribution in [0, 0.1) is 15.9 Å². The normalized spacial score (nSPS) is 9.00. The maximum Gasteiger partial charge on any atom is 0.268 e.